The SMILES string of the molecule is COC(=O)C1(C)CCC2(C(=O)O)CCC3(C)C(=CCC4C5(C)CCC(OC6OC(CO)C(O)C(OC7OC(CO)C(O)C(O)C7O)C6O)C(C)(C)C5CCC43C)C2C1. The highest BCUT2D eigenvalue weighted by atomic mass is 16.7. The molecule has 0 aromatic rings. The molecule has 8 N–H and O–H groups in total. The molecule has 2 aliphatic heterocycles. The molecule has 4 saturated carbocycles. The van der Waals surface area contributed by atoms with Gasteiger partial charge in [-0.05, 0) is 111 Å². The van der Waals surface area contributed by atoms with E-state index in [1.54, 1.807) is 0 Å². The van der Waals surface area contributed by atoms with E-state index in [0.717, 1.165) is 32.1 Å². The maximum Gasteiger partial charge on any atom is 0.311 e. The van der Waals surface area contributed by atoms with Crippen LogP contribution < -0.4 is 0 Å². The first kappa shape index (κ1) is 44.3. The number of esters is 1. The van der Waals surface area contributed by atoms with Gasteiger partial charge in [0.05, 0.1) is 37.3 Å². The van der Waals surface area contributed by atoms with Crippen molar-refractivity contribution in [3.05, 3.63) is 11.6 Å². The third-order valence-corrected chi connectivity index (χ3v) is 17.7. The summed E-state index contributed by atoms with van der Waals surface area (Å²) < 4.78 is 29.2. The Hall–Kier alpha value is -1.76. The van der Waals surface area contributed by atoms with Gasteiger partial charge in [-0.25, -0.2) is 0 Å². The van der Waals surface area contributed by atoms with E-state index in [-0.39, 0.29) is 40.0 Å². The molecular weight excluding hydrogens is 756 g/mol. The number of aliphatic hydroxyl groups excluding tert-OH is 7. The first-order valence-electron chi connectivity index (χ1n) is 21.4. The van der Waals surface area contributed by atoms with E-state index in [0.29, 0.717) is 32.1 Å². The number of aliphatic hydroxyl groups is 7. The summed E-state index contributed by atoms with van der Waals surface area (Å²) in [6.07, 6.45) is -6.63. The molecule has 19 atom stereocenters. The van der Waals surface area contributed by atoms with Crippen LogP contribution in [0, 0.1) is 50.2 Å². The van der Waals surface area contributed by atoms with E-state index in [9.17, 15) is 50.4 Å². The Morgan fingerprint density at radius 2 is 1.36 bits per heavy atom. The Morgan fingerprint density at radius 1 is 0.741 bits per heavy atom. The topological polar surface area (TPSA) is 242 Å². The predicted molar refractivity (Wildman–Crippen MR) is 204 cm³/mol. The Bertz CT molecular complexity index is 1600. The van der Waals surface area contributed by atoms with Crippen molar-refractivity contribution < 1.29 is 74.1 Å². The minimum absolute atomic E-state index is 0.125. The molecule has 58 heavy (non-hydrogen) atoms. The van der Waals surface area contributed by atoms with Crippen molar-refractivity contribution in [2.75, 3.05) is 20.3 Å². The van der Waals surface area contributed by atoms with E-state index in [4.69, 9.17) is 23.7 Å². The average Bonchev–Trinajstić information content (AvgIpc) is 3.18. The first-order valence-corrected chi connectivity index (χ1v) is 21.4. The van der Waals surface area contributed by atoms with Crippen molar-refractivity contribution in [1.82, 2.24) is 0 Å². The van der Waals surface area contributed by atoms with Crippen LogP contribution in [0.3, 0.4) is 0 Å². The number of allylic oxidation sites excluding steroid dienone is 2. The number of aliphatic carboxylic acids is 1. The molecule has 0 bridgehead atoms. The fourth-order valence-corrected chi connectivity index (χ4v) is 13.9. The van der Waals surface area contributed by atoms with Crippen molar-refractivity contribution in [2.24, 2.45) is 50.2 Å². The van der Waals surface area contributed by atoms with Crippen molar-refractivity contribution in [2.45, 2.75) is 173 Å². The number of carboxylic acid groups (broad SMARTS) is 1. The number of hydrogen-bond donors (Lipinski definition) is 8. The van der Waals surface area contributed by atoms with Crippen LogP contribution >= 0.6 is 0 Å². The number of carbonyl (C=O) groups is 2. The Labute approximate surface area is 341 Å². The summed E-state index contributed by atoms with van der Waals surface area (Å²) in [5.41, 5.74) is -1.42. The molecule has 19 unspecified atom stereocenters. The van der Waals surface area contributed by atoms with Gasteiger partial charge in [0.2, 0.25) is 0 Å². The zero-order chi connectivity index (χ0) is 42.5. The average molecular weight is 825 g/mol. The lowest BCUT2D eigenvalue weighted by Crippen LogP contribution is -2.67. The van der Waals surface area contributed by atoms with Gasteiger partial charge in [-0.2, -0.15) is 0 Å². The molecule has 0 aromatic heterocycles. The first-order chi connectivity index (χ1) is 27.1. The number of carbonyl (C=O) groups excluding carboxylic acids is 1. The quantitative estimate of drug-likeness (QED) is 0.0993. The highest BCUT2D eigenvalue weighted by Crippen LogP contribution is 2.76. The summed E-state index contributed by atoms with van der Waals surface area (Å²) in [5.74, 6) is -0.839. The van der Waals surface area contributed by atoms with E-state index in [1.807, 2.05) is 6.92 Å². The molecular formula is C43H68O15. The highest BCUT2D eigenvalue weighted by Gasteiger charge is 2.70. The molecule has 330 valence electrons. The summed E-state index contributed by atoms with van der Waals surface area (Å²) in [4.78, 5) is 26.3. The van der Waals surface area contributed by atoms with Gasteiger partial charge in [-0.3, -0.25) is 9.59 Å². The molecule has 15 heteroatoms. The molecule has 0 amide bonds. The lowest BCUT2D eigenvalue weighted by Gasteiger charge is -2.71. The Balaban J connectivity index is 1.12. The summed E-state index contributed by atoms with van der Waals surface area (Å²) in [7, 11) is 1.41. The maximum absolute atomic E-state index is 13.2. The zero-order valence-electron chi connectivity index (χ0n) is 35.1. The van der Waals surface area contributed by atoms with Crippen molar-refractivity contribution in [3.8, 4) is 0 Å². The van der Waals surface area contributed by atoms with E-state index < -0.39 is 103 Å². The summed E-state index contributed by atoms with van der Waals surface area (Å²) in [6.45, 7) is 12.1. The van der Waals surface area contributed by atoms with Crippen LogP contribution in [0.4, 0.5) is 0 Å². The van der Waals surface area contributed by atoms with Crippen LogP contribution in [0.1, 0.15) is 106 Å². The number of carboxylic acids is 1. The van der Waals surface area contributed by atoms with E-state index in [2.05, 4.69) is 40.7 Å². The molecule has 0 aromatic carbocycles. The summed E-state index contributed by atoms with van der Waals surface area (Å²) in [5, 5.41) is 84.5. The van der Waals surface area contributed by atoms with E-state index >= 15 is 0 Å². The molecule has 0 radical (unpaired) electrons. The van der Waals surface area contributed by atoms with Crippen LogP contribution in [0.2, 0.25) is 0 Å². The number of methoxy groups -OCH3 is 1. The van der Waals surface area contributed by atoms with Crippen LogP contribution in [-0.4, -0.2) is 141 Å². The highest BCUT2D eigenvalue weighted by molar-refractivity contribution is 5.80. The second-order valence-corrected chi connectivity index (χ2v) is 20.6. The van der Waals surface area contributed by atoms with Gasteiger partial charge in [0.25, 0.3) is 0 Å². The number of ether oxygens (including phenoxy) is 5. The largest absolute Gasteiger partial charge is 0.481 e. The lowest BCUT2D eigenvalue weighted by atomic mass is 9.33. The van der Waals surface area contributed by atoms with Gasteiger partial charge in [-0.15, -0.1) is 0 Å². The van der Waals surface area contributed by atoms with Crippen LogP contribution in [0.25, 0.3) is 0 Å². The molecule has 2 heterocycles. The summed E-state index contributed by atoms with van der Waals surface area (Å²) in [6, 6.07) is 0. The smallest absolute Gasteiger partial charge is 0.311 e. The predicted octanol–water partition coefficient (Wildman–Crippen LogP) is 2.04. The van der Waals surface area contributed by atoms with Gasteiger partial charge in [-0.1, -0.05) is 46.3 Å². The van der Waals surface area contributed by atoms with Gasteiger partial charge in [0.15, 0.2) is 12.6 Å². The fourth-order valence-electron chi connectivity index (χ4n) is 13.9. The molecule has 0 spiro atoms. The third-order valence-electron chi connectivity index (χ3n) is 17.7. The molecule has 15 nitrogen and oxygen atoms in total. The van der Waals surface area contributed by atoms with Crippen molar-refractivity contribution in [3.63, 3.8) is 0 Å². The Morgan fingerprint density at radius 3 is 1.98 bits per heavy atom. The number of hydrogen-bond acceptors (Lipinski definition) is 14. The molecule has 2 saturated heterocycles. The van der Waals surface area contributed by atoms with Gasteiger partial charge in [0.1, 0.15) is 48.8 Å². The number of rotatable bonds is 8. The number of fused-ring (bicyclic) bond motifs is 7. The maximum atomic E-state index is 13.2. The third kappa shape index (κ3) is 6.38. The second kappa shape index (κ2) is 15.2. The standard InChI is InChI=1S/C43H68O15/c1-38(2)25-10-13-42(6)26(9-8-21-22-18-39(3,37(53)54-7)14-16-43(22,36(51)52)17-15-41(21,42)5)40(25,4)12-11-27(38)57-35-32(50)33(29(47)24(20-45)56-35)58-34-31(49)30(48)28(46)23(19-44)55-34/h8,22-35,44-50H,9-20H2,1-7H3,(H,51,52). The van der Waals surface area contributed by atoms with Gasteiger partial charge >= 0.3 is 11.9 Å². The monoisotopic (exact) mass is 824 g/mol. The van der Waals surface area contributed by atoms with Crippen LogP contribution in [0.15, 0.2) is 11.6 Å². The van der Waals surface area contributed by atoms with Crippen molar-refractivity contribution >= 4 is 11.9 Å². The lowest BCUT2D eigenvalue weighted by molar-refractivity contribution is -0.369. The molecule has 7 rings (SSSR count). The van der Waals surface area contributed by atoms with Gasteiger partial charge in [0, 0.05) is 0 Å². The van der Waals surface area contributed by atoms with Crippen LogP contribution in [0.5, 0.6) is 0 Å². The minimum Gasteiger partial charge on any atom is -0.481 e. The van der Waals surface area contributed by atoms with Crippen LogP contribution in [-0.2, 0) is 33.3 Å². The molecule has 5 aliphatic carbocycles. The van der Waals surface area contributed by atoms with E-state index in [1.165, 1.54) is 12.7 Å². The molecule has 7 aliphatic rings. The van der Waals surface area contributed by atoms with Crippen molar-refractivity contribution in [1.29, 1.82) is 0 Å². The molecule has 6 fully saturated rings. The summed E-state index contributed by atoms with van der Waals surface area (Å²) >= 11 is 0. The normalized spacial score (nSPS) is 52.6. The minimum atomic E-state index is -1.78. The zero-order valence-corrected chi connectivity index (χ0v) is 35.1. The van der Waals surface area contributed by atoms with Gasteiger partial charge < -0.3 is 64.5 Å². The second-order valence-electron chi connectivity index (χ2n) is 20.6. The fraction of sp³-hybridized carbons (Fsp3) is 0.907. The Kier molecular flexibility index (Phi) is 11.6.